The van der Waals surface area contributed by atoms with E-state index in [2.05, 4.69) is 15.4 Å². The summed E-state index contributed by atoms with van der Waals surface area (Å²) in [5.41, 5.74) is 1.19. The van der Waals surface area contributed by atoms with Gasteiger partial charge in [-0.15, -0.1) is 0 Å². The molecule has 0 bridgehead atoms. The van der Waals surface area contributed by atoms with Crippen LogP contribution in [0.4, 0.5) is 5.13 Å². The van der Waals surface area contributed by atoms with Gasteiger partial charge in [0.25, 0.3) is 5.91 Å². The number of thiazole rings is 1. The zero-order valence-electron chi connectivity index (χ0n) is 10.6. The number of amides is 1. The van der Waals surface area contributed by atoms with Gasteiger partial charge in [-0.3, -0.25) is 14.8 Å². The fraction of sp³-hybridized carbons (Fsp3) is 0.154. The Kier molecular flexibility index (Phi) is 3.42. The molecule has 102 valence electrons. The predicted octanol–water partition coefficient (Wildman–Crippen LogP) is 3.42. The molecule has 3 aromatic rings. The third kappa shape index (κ3) is 2.52. The Balaban J connectivity index is 1.83. The zero-order valence-corrected chi connectivity index (χ0v) is 12.2. The fourth-order valence-corrected chi connectivity index (χ4v) is 2.91. The van der Waals surface area contributed by atoms with Crippen molar-refractivity contribution in [1.29, 1.82) is 0 Å². The molecule has 0 spiro atoms. The van der Waals surface area contributed by atoms with Crippen LogP contribution in [0, 0.1) is 0 Å². The van der Waals surface area contributed by atoms with Gasteiger partial charge in [-0.2, -0.15) is 5.10 Å². The zero-order chi connectivity index (χ0) is 14.1. The predicted molar refractivity (Wildman–Crippen MR) is 80.5 cm³/mol. The first-order valence-corrected chi connectivity index (χ1v) is 7.26. The highest BCUT2D eigenvalue weighted by Gasteiger charge is 2.12. The number of carbonyl (C=O) groups excluding carboxylic acids is 1. The Morgan fingerprint density at radius 3 is 3.05 bits per heavy atom. The van der Waals surface area contributed by atoms with Crippen LogP contribution < -0.4 is 5.32 Å². The minimum absolute atomic E-state index is 0.262. The van der Waals surface area contributed by atoms with Crippen molar-refractivity contribution in [2.45, 2.75) is 13.5 Å². The molecule has 2 heterocycles. The molecule has 2 aromatic heterocycles. The number of hydrogen-bond donors (Lipinski definition) is 1. The Hall–Kier alpha value is -1.92. The molecular formula is C13H11ClN4OS. The molecule has 0 radical (unpaired) electrons. The number of nitrogens with one attached hydrogen (secondary N) is 1. The standard InChI is InChI=1S/C13H11ClN4OS/c1-2-18-6-5-10(17-18)12(19)16-13-15-9-4-3-8(14)7-11(9)20-13/h3-7H,2H2,1H3,(H,15,16,19). The van der Waals surface area contributed by atoms with Crippen molar-refractivity contribution in [2.75, 3.05) is 5.32 Å². The summed E-state index contributed by atoms with van der Waals surface area (Å²) < 4.78 is 2.64. The van der Waals surface area contributed by atoms with E-state index in [1.807, 2.05) is 19.1 Å². The van der Waals surface area contributed by atoms with Crippen LogP contribution in [0.25, 0.3) is 10.2 Å². The molecule has 20 heavy (non-hydrogen) atoms. The van der Waals surface area contributed by atoms with E-state index < -0.39 is 0 Å². The van der Waals surface area contributed by atoms with Crippen molar-refractivity contribution < 1.29 is 4.79 Å². The van der Waals surface area contributed by atoms with Crippen molar-refractivity contribution in [1.82, 2.24) is 14.8 Å². The minimum atomic E-state index is -0.262. The highest BCUT2D eigenvalue weighted by molar-refractivity contribution is 7.22. The van der Waals surface area contributed by atoms with Gasteiger partial charge >= 0.3 is 0 Å². The second-order valence-corrected chi connectivity index (χ2v) is 5.61. The summed E-state index contributed by atoms with van der Waals surface area (Å²) >= 11 is 7.31. The van der Waals surface area contributed by atoms with Crippen molar-refractivity contribution in [3.8, 4) is 0 Å². The largest absolute Gasteiger partial charge is 0.296 e. The van der Waals surface area contributed by atoms with E-state index in [9.17, 15) is 4.79 Å². The van der Waals surface area contributed by atoms with Crippen LogP contribution in [0.1, 0.15) is 17.4 Å². The van der Waals surface area contributed by atoms with Crippen molar-refractivity contribution in [2.24, 2.45) is 0 Å². The number of hydrogen-bond acceptors (Lipinski definition) is 4. The van der Waals surface area contributed by atoms with E-state index in [1.165, 1.54) is 11.3 Å². The molecule has 0 aliphatic heterocycles. The first kappa shape index (κ1) is 13.1. The maximum atomic E-state index is 12.0. The number of aryl methyl sites for hydroxylation is 1. The van der Waals surface area contributed by atoms with E-state index in [0.29, 0.717) is 15.8 Å². The summed E-state index contributed by atoms with van der Waals surface area (Å²) in [6, 6.07) is 7.12. The Morgan fingerprint density at radius 2 is 2.30 bits per heavy atom. The molecule has 1 amide bonds. The summed E-state index contributed by atoms with van der Waals surface area (Å²) in [5.74, 6) is -0.262. The van der Waals surface area contributed by atoms with Crippen LogP contribution in [-0.2, 0) is 6.54 Å². The maximum absolute atomic E-state index is 12.0. The molecule has 0 saturated carbocycles. The number of halogens is 1. The quantitative estimate of drug-likeness (QED) is 0.806. The average molecular weight is 307 g/mol. The summed E-state index contributed by atoms with van der Waals surface area (Å²) in [6.45, 7) is 2.69. The van der Waals surface area contributed by atoms with Gasteiger partial charge in [-0.1, -0.05) is 22.9 Å². The minimum Gasteiger partial charge on any atom is -0.296 e. The number of nitrogens with zero attached hydrogens (tertiary/aromatic N) is 3. The summed E-state index contributed by atoms with van der Waals surface area (Å²) in [6.07, 6.45) is 1.77. The number of anilines is 1. The maximum Gasteiger partial charge on any atom is 0.277 e. The first-order valence-electron chi connectivity index (χ1n) is 6.06. The highest BCUT2D eigenvalue weighted by atomic mass is 35.5. The van der Waals surface area contributed by atoms with Crippen LogP contribution >= 0.6 is 22.9 Å². The molecule has 1 aromatic carbocycles. The Bertz CT molecular complexity index is 780. The van der Waals surface area contributed by atoms with Gasteiger partial charge in [0.2, 0.25) is 0 Å². The molecule has 0 saturated heterocycles. The lowest BCUT2D eigenvalue weighted by Crippen LogP contribution is -2.13. The van der Waals surface area contributed by atoms with Crippen molar-refractivity contribution in [3.05, 3.63) is 41.2 Å². The highest BCUT2D eigenvalue weighted by Crippen LogP contribution is 2.28. The molecule has 7 heteroatoms. The molecule has 0 atom stereocenters. The van der Waals surface area contributed by atoms with Crippen LogP contribution in [0.3, 0.4) is 0 Å². The van der Waals surface area contributed by atoms with Crippen LogP contribution in [0.15, 0.2) is 30.5 Å². The van der Waals surface area contributed by atoms with Gasteiger partial charge < -0.3 is 0 Å². The normalized spacial score (nSPS) is 10.9. The lowest BCUT2D eigenvalue weighted by atomic mass is 10.3. The third-order valence-corrected chi connectivity index (χ3v) is 3.94. The lowest BCUT2D eigenvalue weighted by Gasteiger charge is -1.97. The first-order chi connectivity index (χ1) is 9.65. The van der Waals surface area contributed by atoms with Crippen LogP contribution in [-0.4, -0.2) is 20.7 Å². The van der Waals surface area contributed by atoms with E-state index in [4.69, 9.17) is 11.6 Å². The molecule has 0 fully saturated rings. The third-order valence-electron chi connectivity index (χ3n) is 2.77. The van der Waals surface area contributed by atoms with E-state index in [0.717, 1.165) is 16.8 Å². The molecular weight excluding hydrogens is 296 g/mol. The van der Waals surface area contributed by atoms with Gasteiger partial charge in [0.05, 0.1) is 10.2 Å². The molecule has 0 aliphatic carbocycles. The Labute approximate surface area is 124 Å². The Morgan fingerprint density at radius 1 is 1.45 bits per heavy atom. The van der Waals surface area contributed by atoms with E-state index in [1.54, 1.807) is 23.0 Å². The van der Waals surface area contributed by atoms with Gasteiger partial charge in [0, 0.05) is 17.8 Å². The number of aromatic nitrogens is 3. The number of fused-ring (bicyclic) bond motifs is 1. The van der Waals surface area contributed by atoms with Crippen molar-refractivity contribution in [3.63, 3.8) is 0 Å². The molecule has 3 rings (SSSR count). The second-order valence-electron chi connectivity index (χ2n) is 4.14. The second kappa shape index (κ2) is 5.22. The molecule has 0 aliphatic rings. The molecule has 1 N–H and O–H groups in total. The monoisotopic (exact) mass is 306 g/mol. The fourth-order valence-electron chi connectivity index (χ4n) is 1.77. The molecule has 5 nitrogen and oxygen atoms in total. The van der Waals surface area contributed by atoms with Gasteiger partial charge in [0.1, 0.15) is 0 Å². The van der Waals surface area contributed by atoms with Gasteiger partial charge in [-0.25, -0.2) is 4.98 Å². The van der Waals surface area contributed by atoms with E-state index in [-0.39, 0.29) is 5.91 Å². The summed E-state index contributed by atoms with van der Waals surface area (Å²) in [5, 5.41) is 8.10. The summed E-state index contributed by atoms with van der Waals surface area (Å²) in [4.78, 5) is 16.4. The lowest BCUT2D eigenvalue weighted by molar-refractivity contribution is 0.102. The SMILES string of the molecule is CCn1ccc(C(=O)Nc2nc3ccc(Cl)cc3s2)n1. The number of benzene rings is 1. The van der Waals surface area contributed by atoms with Gasteiger partial charge in [0.15, 0.2) is 10.8 Å². The number of rotatable bonds is 3. The van der Waals surface area contributed by atoms with Crippen molar-refractivity contribution >= 4 is 44.2 Å². The van der Waals surface area contributed by atoms with Crippen LogP contribution in [0.5, 0.6) is 0 Å². The molecule has 0 unspecified atom stereocenters. The van der Waals surface area contributed by atoms with Crippen LogP contribution in [0.2, 0.25) is 5.02 Å². The summed E-state index contributed by atoms with van der Waals surface area (Å²) in [7, 11) is 0. The van der Waals surface area contributed by atoms with Gasteiger partial charge in [-0.05, 0) is 31.2 Å². The average Bonchev–Trinajstić information content (AvgIpc) is 3.03. The topological polar surface area (TPSA) is 59.8 Å². The van der Waals surface area contributed by atoms with E-state index >= 15 is 0 Å². The smallest absolute Gasteiger partial charge is 0.277 e. The number of carbonyl (C=O) groups is 1.